The van der Waals surface area contributed by atoms with E-state index in [0.717, 1.165) is 0 Å². The predicted octanol–water partition coefficient (Wildman–Crippen LogP) is -0.842. The zero-order chi connectivity index (χ0) is 7.84. The molecule has 54 valence electrons. The van der Waals surface area contributed by atoms with Gasteiger partial charge in [0.2, 0.25) is 0 Å². The highest BCUT2D eigenvalue weighted by atomic mass is 16.2. The number of nitrogens with zero attached hydrogens (tertiary/aromatic N) is 4. The van der Waals surface area contributed by atoms with Crippen molar-refractivity contribution in [2.45, 2.75) is 6.92 Å². The highest BCUT2D eigenvalue weighted by Gasteiger charge is 2.05. The molecule has 1 aromatic heterocycles. The first kappa shape index (κ1) is 6.09. The lowest BCUT2D eigenvalue weighted by molar-refractivity contribution is 0.256. The lowest BCUT2D eigenvalue weighted by Crippen LogP contribution is -2.26. The van der Waals surface area contributed by atoms with Crippen molar-refractivity contribution in [3.63, 3.8) is 0 Å². The highest BCUT2D eigenvalue weighted by Crippen LogP contribution is 1.82. The summed E-state index contributed by atoms with van der Waals surface area (Å²) in [6, 6.07) is -0.500. The smallest absolute Gasteiger partial charge is 0.244 e. The summed E-state index contributed by atoms with van der Waals surface area (Å²) in [5.41, 5.74) is 0.377. The van der Waals surface area contributed by atoms with Crippen LogP contribution in [0.5, 0.6) is 0 Å². The molecular formula is C6H4N4O. The maximum atomic E-state index is 10.6. The van der Waals surface area contributed by atoms with Gasteiger partial charge in [-0.15, -0.1) is 0 Å². The monoisotopic (exact) mass is 148 g/mol. The van der Waals surface area contributed by atoms with E-state index in [1.807, 2.05) is 0 Å². The van der Waals surface area contributed by atoms with Crippen molar-refractivity contribution in [2.75, 3.05) is 0 Å². The molecule has 0 fully saturated rings. The number of rotatable bonds is 0. The van der Waals surface area contributed by atoms with Crippen LogP contribution in [0.4, 0.5) is 4.79 Å². The Morgan fingerprint density at radius 1 is 1.36 bits per heavy atom. The van der Waals surface area contributed by atoms with E-state index < -0.39 is 6.03 Å². The highest BCUT2D eigenvalue weighted by molar-refractivity contribution is 5.77. The zero-order valence-electron chi connectivity index (χ0n) is 5.77. The second-order valence-corrected chi connectivity index (χ2v) is 2.13. The molecule has 2 heterocycles. The average Bonchev–Trinajstić information content (AvgIpc) is 2.27. The molecule has 0 aromatic carbocycles. The van der Waals surface area contributed by atoms with Gasteiger partial charge in [0.25, 0.3) is 0 Å². The number of carbonyl (C=O) groups excluding carboxylic acids is 1. The van der Waals surface area contributed by atoms with Crippen LogP contribution in [0.2, 0.25) is 0 Å². The molecule has 0 radical (unpaired) electrons. The van der Waals surface area contributed by atoms with E-state index in [1.54, 1.807) is 6.92 Å². The summed E-state index contributed by atoms with van der Waals surface area (Å²) in [6.07, 6.45) is 1.49. The molecule has 0 bridgehead atoms. The minimum Gasteiger partial charge on any atom is -0.244 e. The lowest BCUT2D eigenvalue weighted by Gasteiger charge is -1.83. The molecule has 11 heavy (non-hydrogen) atoms. The molecule has 0 saturated carbocycles. The Kier molecular flexibility index (Phi) is 1.06. The second-order valence-electron chi connectivity index (χ2n) is 2.13. The first-order chi connectivity index (χ1) is 5.25. The van der Waals surface area contributed by atoms with E-state index in [0.29, 0.717) is 16.7 Å². The first-order valence-corrected chi connectivity index (χ1v) is 3.07. The van der Waals surface area contributed by atoms with Crippen molar-refractivity contribution in [3.8, 4) is 0 Å². The average molecular weight is 148 g/mol. The summed E-state index contributed by atoms with van der Waals surface area (Å²) >= 11 is 0. The third-order valence-electron chi connectivity index (χ3n) is 1.29. The number of carbonyl (C=O) groups is 1. The van der Waals surface area contributed by atoms with Gasteiger partial charge >= 0.3 is 6.03 Å². The van der Waals surface area contributed by atoms with Crippen LogP contribution in [-0.2, 0) is 0 Å². The topological polar surface area (TPSA) is 67.6 Å². The van der Waals surface area contributed by atoms with Crippen LogP contribution < -0.4 is 10.8 Å². The van der Waals surface area contributed by atoms with Crippen LogP contribution in [0.1, 0.15) is 5.82 Å². The molecule has 0 N–H and O–H groups in total. The van der Waals surface area contributed by atoms with Crippen molar-refractivity contribution in [3.05, 3.63) is 22.9 Å². The van der Waals surface area contributed by atoms with Gasteiger partial charge in [-0.25, -0.2) is 14.8 Å². The Bertz CT molecular complexity index is 436. The molecule has 5 nitrogen and oxygen atoms in total. The quantitative estimate of drug-likeness (QED) is 0.481. The second kappa shape index (κ2) is 1.91. The third-order valence-corrected chi connectivity index (χ3v) is 1.29. The molecule has 0 aliphatic carbocycles. The van der Waals surface area contributed by atoms with Gasteiger partial charge in [0, 0.05) is 0 Å². The summed E-state index contributed by atoms with van der Waals surface area (Å²) < 4.78 is 0. The lowest BCUT2D eigenvalue weighted by atomic mass is 10.5. The zero-order valence-corrected chi connectivity index (χ0v) is 5.77. The van der Waals surface area contributed by atoms with Crippen LogP contribution in [0.3, 0.4) is 0 Å². The molecule has 5 heteroatoms. The number of hydrogen-bond donors (Lipinski definition) is 0. The Morgan fingerprint density at radius 3 is 3.00 bits per heavy atom. The molecule has 2 rings (SSSR count). The molecule has 2 amide bonds. The van der Waals surface area contributed by atoms with E-state index in [1.165, 1.54) is 6.20 Å². The molecule has 1 aromatic rings. The number of hydrogen-bond acceptors (Lipinski definition) is 3. The maximum Gasteiger partial charge on any atom is 0.369 e. The summed E-state index contributed by atoms with van der Waals surface area (Å²) in [5, 5.41) is 0.459. The molecule has 0 saturated heterocycles. The van der Waals surface area contributed by atoms with Crippen molar-refractivity contribution < 1.29 is 4.79 Å². The molecule has 0 unspecified atom stereocenters. The summed E-state index contributed by atoms with van der Waals surface area (Å²) in [7, 11) is 0. The van der Waals surface area contributed by atoms with E-state index in [2.05, 4.69) is 20.0 Å². The van der Waals surface area contributed by atoms with Gasteiger partial charge in [-0.1, -0.05) is 0 Å². The van der Waals surface area contributed by atoms with Crippen LogP contribution >= 0.6 is 0 Å². The maximum absolute atomic E-state index is 10.6. The van der Waals surface area contributed by atoms with E-state index in [9.17, 15) is 4.79 Å². The number of amides is 2. The summed E-state index contributed by atoms with van der Waals surface area (Å²) in [4.78, 5) is 25.5. The molecule has 0 spiro atoms. The molecular weight excluding hydrogens is 144 g/mol. The van der Waals surface area contributed by atoms with Gasteiger partial charge in [-0.2, -0.15) is 9.98 Å². The van der Waals surface area contributed by atoms with Crippen molar-refractivity contribution in [1.82, 2.24) is 9.97 Å². The van der Waals surface area contributed by atoms with Gasteiger partial charge in [-0.05, 0) is 6.92 Å². The fourth-order valence-electron chi connectivity index (χ4n) is 0.831. The van der Waals surface area contributed by atoms with Gasteiger partial charge in [-0.3, -0.25) is 0 Å². The Labute approximate surface area is 61.5 Å². The fraction of sp³-hybridized carbons (Fsp3) is 0.167. The molecule has 1 aliphatic rings. The van der Waals surface area contributed by atoms with Crippen molar-refractivity contribution >= 4 is 6.03 Å². The van der Waals surface area contributed by atoms with Crippen molar-refractivity contribution in [2.24, 2.45) is 9.98 Å². The van der Waals surface area contributed by atoms with Gasteiger partial charge < -0.3 is 0 Å². The standard InChI is InChI=1S/C6H4N4O/c1-3-7-2-4-5(8-3)10-6(11)9-4/h2H,1H3. The summed E-state index contributed by atoms with van der Waals surface area (Å²) in [5.74, 6) is 0.595. The summed E-state index contributed by atoms with van der Waals surface area (Å²) in [6.45, 7) is 1.73. The number of urea groups is 1. The first-order valence-electron chi connectivity index (χ1n) is 3.07. The van der Waals surface area contributed by atoms with Crippen LogP contribution in [-0.4, -0.2) is 16.0 Å². The normalized spacial score (nSPS) is 13.7. The van der Waals surface area contributed by atoms with Gasteiger partial charge in [0.05, 0.1) is 6.20 Å². The molecule has 1 aliphatic heterocycles. The third kappa shape index (κ3) is 0.899. The minimum absolute atomic E-state index is 0.377. The number of fused-ring (bicyclic) bond motifs is 1. The Morgan fingerprint density at radius 2 is 2.18 bits per heavy atom. The van der Waals surface area contributed by atoms with E-state index in [-0.39, 0.29) is 0 Å². The largest absolute Gasteiger partial charge is 0.369 e. The SMILES string of the molecule is Cc1ncc2c(n1)=NC(=O)N=2. The number of aryl methyl sites for hydroxylation is 1. The predicted molar refractivity (Wildman–Crippen MR) is 34.5 cm³/mol. The van der Waals surface area contributed by atoms with Crippen LogP contribution in [0.25, 0.3) is 0 Å². The number of aromatic nitrogens is 2. The Balaban J connectivity index is 2.89. The van der Waals surface area contributed by atoms with Crippen LogP contribution in [0, 0.1) is 6.92 Å². The molecule has 0 atom stereocenters. The van der Waals surface area contributed by atoms with Gasteiger partial charge in [0.1, 0.15) is 11.2 Å². The Hall–Kier alpha value is -1.65. The van der Waals surface area contributed by atoms with E-state index in [4.69, 9.17) is 0 Å². The van der Waals surface area contributed by atoms with Crippen molar-refractivity contribution in [1.29, 1.82) is 0 Å². The van der Waals surface area contributed by atoms with E-state index >= 15 is 0 Å². The van der Waals surface area contributed by atoms with Crippen LogP contribution in [0.15, 0.2) is 16.2 Å². The minimum atomic E-state index is -0.500. The van der Waals surface area contributed by atoms with Gasteiger partial charge in [0.15, 0.2) is 5.49 Å². The fourth-order valence-corrected chi connectivity index (χ4v) is 0.831.